The molecule has 1 heterocycles. The molecule has 2 aliphatic carbocycles. The fourth-order valence-corrected chi connectivity index (χ4v) is 2.62. The molecule has 0 aromatic carbocycles. The number of aliphatic hydroxyl groups excluding tert-OH is 1. The summed E-state index contributed by atoms with van der Waals surface area (Å²) in [5, 5.41) is 13.0. The number of aromatic nitrogens is 2. The number of hydrogen-bond donors (Lipinski definition) is 2. The maximum atomic E-state index is 9.51. The maximum Gasteiger partial charge on any atom is 0.134 e. The van der Waals surface area contributed by atoms with Gasteiger partial charge in [-0.25, -0.2) is 9.97 Å². The smallest absolute Gasteiger partial charge is 0.134 e. The largest absolute Gasteiger partial charge is 0.393 e. The Hall–Kier alpha value is -1.16. The van der Waals surface area contributed by atoms with Gasteiger partial charge in [0.05, 0.1) is 6.10 Å². The fraction of sp³-hybridized carbons (Fsp3) is 0.714. The van der Waals surface area contributed by atoms with Crippen molar-refractivity contribution in [2.75, 3.05) is 5.32 Å². The molecule has 2 saturated carbocycles. The molecule has 0 amide bonds. The fourth-order valence-electron chi connectivity index (χ4n) is 2.62. The van der Waals surface area contributed by atoms with Gasteiger partial charge in [-0.2, -0.15) is 0 Å². The normalized spacial score (nSPS) is 28.1. The number of aryl methyl sites for hydroxylation is 1. The van der Waals surface area contributed by atoms with Gasteiger partial charge in [0.1, 0.15) is 11.6 Å². The molecule has 2 aliphatic rings. The third kappa shape index (κ3) is 2.80. The number of hydrogen-bond acceptors (Lipinski definition) is 4. The highest BCUT2D eigenvalue weighted by Crippen LogP contribution is 2.38. The minimum absolute atomic E-state index is 0.0998. The summed E-state index contributed by atoms with van der Waals surface area (Å²) in [5.41, 5.74) is 1.05. The molecular weight excluding hydrogens is 226 g/mol. The molecule has 0 radical (unpaired) electrons. The van der Waals surface area contributed by atoms with Crippen LogP contribution in [0.25, 0.3) is 0 Å². The van der Waals surface area contributed by atoms with Crippen LogP contribution in [0.15, 0.2) is 6.07 Å². The van der Waals surface area contributed by atoms with Gasteiger partial charge in [0.15, 0.2) is 0 Å². The molecule has 2 fully saturated rings. The van der Waals surface area contributed by atoms with Gasteiger partial charge in [0, 0.05) is 23.7 Å². The van der Waals surface area contributed by atoms with Crippen LogP contribution in [-0.4, -0.2) is 27.2 Å². The maximum absolute atomic E-state index is 9.51. The first-order valence-corrected chi connectivity index (χ1v) is 7.01. The lowest BCUT2D eigenvalue weighted by Crippen LogP contribution is -2.28. The lowest BCUT2D eigenvalue weighted by Gasteiger charge is -2.26. The molecule has 1 aromatic heterocycles. The molecule has 0 unspecified atom stereocenters. The number of anilines is 1. The zero-order valence-corrected chi connectivity index (χ0v) is 10.9. The topological polar surface area (TPSA) is 58.0 Å². The Morgan fingerprint density at radius 2 is 1.83 bits per heavy atom. The molecule has 4 heteroatoms. The summed E-state index contributed by atoms with van der Waals surface area (Å²) in [6.45, 7) is 2.03. The Morgan fingerprint density at radius 1 is 1.11 bits per heavy atom. The third-order valence-corrected chi connectivity index (χ3v) is 3.86. The van der Waals surface area contributed by atoms with Crippen LogP contribution in [0.3, 0.4) is 0 Å². The zero-order chi connectivity index (χ0) is 12.5. The predicted molar refractivity (Wildman–Crippen MR) is 70.6 cm³/mol. The SMILES string of the molecule is Cc1cc(NC2CCC(O)CC2)nc(C2CC2)n1. The average molecular weight is 247 g/mol. The second kappa shape index (κ2) is 4.84. The first-order valence-electron chi connectivity index (χ1n) is 7.01. The van der Waals surface area contributed by atoms with Gasteiger partial charge in [-0.15, -0.1) is 0 Å². The summed E-state index contributed by atoms with van der Waals surface area (Å²) in [5.74, 6) is 2.57. The summed E-state index contributed by atoms with van der Waals surface area (Å²) in [6.07, 6.45) is 6.23. The van der Waals surface area contributed by atoms with Crippen molar-refractivity contribution in [3.05, 3.63) is 17.6 Å². The molecule has 18 heavy (non-hydrogen) atoms. The Labute approximate surface area is 108 Å². The van der Waals surface area contributed by atoms with Gasteiger partial charge >= 0.3 is 0 Å². The van der Waals surface area contributed by atoms with E-state index in [1.54, 1.807) is 0 Å². The van der Waals surface area contributed by atoms with Crippen LogP contribution < -0.4 is 5.32 Å². The summed E-state index contributed by atoms with van der Waals surface area (Å²) in [4.78, 5) is 9.13. The van der Waals surface area contributed by atoms with E-state index in [0.29, 0.717) is 12.0 Å². The molecule has 3 rings (SSSR count). The van der Waals surface area contributed by atoms with Crippen molar-refractivity contribution < 1.29 is 5.11 Å². The van der Waals surface area contributed by atoms with Crippen LogP contribution in [0.4, 0.5) is 5.82 Å². The van der Waals surface area contributed by atoms with E-state index in [4.69, 9.17) is 0 Å². The van der Waals surface area contributed by atoms with Crippen LogP contribution in [0.2, 0.25) is 0 Å². The predicted octanol–water partition coefficient (Wildman–Crippen LogP) is 2.38. The van der Waals surface area contributed by atoms with Gasteiger partial charge in [0.25, 0.3) is 0 Å². The zero-order valence-electron chi connectivity index (χ0n) is 10.9. The molecular formula is C14H21N3O. The van der Waals surface area contributed by atoms with Crippen molar-refractivity contribution in [3.63, 3.8) is 0 Å². The molecule has 0 spiro atoms. The van der Waals surface area contributed by atoms with Crippen LogP contribution >= 0.6 is 0 Å². The van der Waals surface area contributed by atoms with Crippen LogP contribution in [0, 0.1) is 6.92 Å². The van der Waals surface area contributed by atoms with E-state index < -0.39 is 0 Å². The van der Waals surface area contributed by atoms with E-state index in [1.807, 2.05) is 13.0 Å². The monoisotopic (exact) mass is 247 g/mol. The van der Waals surface area contributed by atoms with Gasteiger partial charge in [0.2, 0.25) is 0 Å². The highest BCUT2D eigenvalue weighted by atomic mass is 16.3. The summed E-state index contributed by atoms with van der Waals surface area (Å²) < 4.78 is 0. The second-order valence-corrected chi connectivity index (χ2v) is 5.68. The summed E-state index contributed by atoms with van der Waals surface area (Å²) in [7, 11) is 0. The van der Waals surface area contributed by atoms with Crippen LogP contribution in [0.5, 0.6) is 0 Å². The molecule has 98 valence electrons. The van der Waals surface area contributed by atoms with Crippen LogP contribution in [-0.2, 0) is 0 Å². The summed E-state index contributed by atoms with van der Waals surface area (Å²) >= 11 is 0. The second-order valence-electron chi connectivity index (χ2n) is 5.68. The minimum atomic E-state index is -0.0998. The van der Waals surface area contributed by atoms with Crippen molar-refractivity contribution >= 4 is 5.82 Å². The van der Waals surface area contributed by atoms with E-state index in [1.165, 1.54) is 12.8 Å². The van der Waals surface area contributed by atoms with E-state index in [9.17, 15) is 5.11 Å². The summed E-state index contributed by atoms with van der Waals surface area (Å²) in [6, 6.07) is 2.48. The van der Waals surface area contributed by atoms with Crippen molar-refractivity contribution in [2.24, 2.45) is 0 Å². The highest BCUT2D eigenvalue weighted by Gasteiger charge is 2.27. The number of rotatable bonds is 3. The Bertz CT molecular complexity index is 423. The van der Waals surface area contributed by atoms with Crippen molar-refractivity contribution in [1.29, 1.82) is 0 Å². The molecule has 0 aliphatic heterocycles. The van der Waals surface area contributed by atoms with E-state index in [2.05, 4.69) is 15.3 Å². The van der Waals surface area contributed by atoms with Crippen molar-refractivity contribution in [1.82, 2.24) is 9.97 Å². The van der Waals surface area contributed by atoms with Gasteiger partial charge < -0.3 is 10.4 Å². The Kier molecular flexibility index (Phi) is 3.20. The van der Waals surface area contributed by atoms with Gasteiger partial charge in [-0.3, -0.25) is 0 Å². The van der Waals surface area contributed by atoms with Gasteiger partial charge in [-0.05, 0) is 45.4 Å². The number of nitrogens with one attached hydrogen (secondary N) is 1. The molecule has 0 atom stereocenters. The molecule has 4 nitrogen and oxygen atoms in total. The molecule has 2 N–H and O–H groups in total. The quantitative estimate of drug-likeness (QED) is 0.861. The van der Waals surface area contributed by atoms with Gasteiger partial charge in [-0.1, -0.05) is 0 Å². The van der Waals surface area contributed by atoms with E-state index in [-0.39, 0.29) is 6.10 Å². The first kappa shape index (κ1) is 11.9. The molecule has 1 aromatic rings. The van der Waals surface area contributed by atoms with E-state index >= 15 is 0 Å². The number of aliphatic hydroxyl groups is 1. The highest BCUT2D eigenvalue weighted by molar-refractivity contribution is 5.38. The first-order chi connectivity index (χ1) is 8.70. The third-order valence-electron chi connectivity index (χ3n) is 3.86. The molecule has 0 saturated heterocycles. The molecule has 0 bridgehead atoms. The standard InChI is InChI=1S/C14H21N3O/c1-9-8-13(17-14(15-9)10-2-3-10)16-11-4-6-12(18)7-5-11/h8,10-12,18H,2-7H2,1H3,(H,15,16,17). The van der Waals surface area contributed by atoms with Crippen molar-refractivity contribution in [2.45, 2.75) is 63.5 Å². The van der Waals surface area contributed by atoms with Crippen LogP contribution in [0.1, 0.15) is 56.0 Å². The lowest BCUT2D eigenvalue weighted by atomic mass is 9.93. The minimum Gasteiger partial charge on any atom is -0.393 e. The number of nitrogens with zero attached hydrogens (tertiary/aromatic N) is 2. The lowest BCUT2D eigenvalue weighted by molar-refractivity contribution is 0.126. The average Bonchev–Trinajstić information content (AvgIpc) is 3.15. The van der Waals surface area contributed by atoms with E-state index in [0.717, 1.165) is 43.0 Å². The van der Waals surface area contributed by atoms with Crippen molar-refractivity contribution in [3.8, 4) is 0 Å². The Morgan fingerprint density at radius 3 is 2.50 bits per heavy atom. The Balaban J connectivity index is 1.68.